The molecule has 1 aromatic heterocycles. The number of hydrogen-bond donors (Lipinski definition) is 3. The fourth-order valence-corrected chi connectivity index (χ4v) is 2.91. The molecule has 7 heteroatoms. The van der Waals surface area contributed by atoms with Crippen molar-refractivity contribution < 1.29 is 18.0 Å². The molecule has 0 saturated heterocycles. The summed E-state index contributed by atoms with van der Waals surface area (Å²) in [5.41, 5.74) is 2.90. The van der Waals surface area contributed by atoms with Gasteiger partial charge in [0.25, 0.3) is 0 Å². The van der Waals surface area contributed by atoms with Crippen molar-refractivity contribution in [1.29, 1.82) is 0 Å². The van der Waals surface area contributed by atoms with Gasteiger partial charge in [-0.25, -0.2) is 4.79 Å². The zero-order valence-electron chi connectivity index (χ0n) is 13.8. The first-order chi connectivity index (χ1) is 12.4. The van der Waals surface area contributed by atoms with Gasteiger partial charge in [-0.1, -0.05) is 48.5 Å². The first-order valence-electron chi connectivity index (χ1n) is 8.13. The van der Waals surface area contributed by atoms with Gasteiger partial charge in [0.2, 0.25) is 0 Å². The van der Waals surface area contributed by atoms with Crippen LogP contribution in [0.1, 0.15) is 17.0 Å². The smallest absolute Gasteiger partial charge is 0.361 e. The zero-order chi connectivity index (χ0) is 18.6. The number of hydrogen-bond acceptors (Lipinski definition) is 1. The highest BCUT2D eigenvalue weighted by Gasteiger charge is 2.28. The molecule has 0 aliphatic rings. The van der Waals surface area contributed by atoms with Gasteiger partial charge in [0.15, 0.2) is 0 Å². The Morgan fingerprint density at radius 1 is 1.00 bits per heavy atom. The van der Waals surface area contributed by atoms with Crippen LogP contribution in [0.15, 0.2) is 60.8 Å². The lowest BCUT2D eigenvalue weighted by Crippen LogP contribution is -2.42. The Morgan fingerprint density at radius 3 is 2.42 bits per heavy atom. The third-order valence-electron chi connectivity index (χ3n) is 4.11. The number of carbonyl (C=O) groups is 1. The van der Waals surface area contributed by atoms with Gasteiger partial charge >= 0.3 is 12.2 Å². The largest absolute Gasteiger partial charge is 0.405 e. The lowest BCUT2D eigenvalue weighted by molar-refractivity contribution is -0.122. The van der Waals surface area contributed by atoms with Gasteiger partial charge in [0.05, 0.1) is 0 Å². The van der Waals surface area contributed by atoms with Gasteiger partial charge in [0.1, 0.15) is 6.54 Å². The molecule has 0 aliphatic carbocycles. The van der Waals surface area contributed by atoms with Crippen molar-refractivity contribution in [2.75, 3.05) is 13.1 Å². The maximum Gasteiger partial charge on any atom is 0.405 e. The minimum Gasteiger partial charge on any atom is -0.361 e. The van der Waals surface area contributed by atoms with Crippen LogP contribution in [0, 0.1) is 0 Å². The van der Waals surface area contributed by atoms with Crippen molar-refractivity contribution in [2.45, 2.75) is 12.1 Å². The van der Waals surface area contributed by atoms with Gasteiger partial charge < -0.3 is 15.6 Å². The fourth-order valence-electron chi connectivity index (χ4n) is 2.91. The monoisotopic (exact) mass is 361 g/mol. The molecule has 4 nitrogen and oxygen atoms in total. The Morgan fingerprint density at radius 2 is 1.69 bits per heavy atom. The van der Waals surface area contributed by atoms with E-state index >= 15 is 0 Å². The molecule has 2 aromatic carbocycles. The molecule has 0 bridgehead atoms. The van der Waals surface area contributed by atoms with E-state index in [1.807, 2.05) is 66.1 Å². The zero-order valence-corrected chi connectivity index (χ0v) is 13.8. The molecule has 0 radical (unpaired) electrons. The van der Waals surface area contributed by atoms with Crippen LogP contribution < -0.4 is 10.6 Å². The number of para-hydroxylation sites is 1. The highest BCUT2D eigenvalue weighted by Crippen LogP contribution is 2.30. The van der Waals surface area contributed by atoms with Crippen LogP contribution in [0.4, 0.5) is 18.0 Å². The van der Waals surface area contributed by atoms with E-state index in [0.29, 0.717) is 0 Å². The quantitative estimate of drug-likeness (QED) is 0.628. The molecule has 2 amide bonds. The van der Waals surface area contributed by atoms with E-state index in [4.69, 9.17) is 0 Å². The highest BCUT2D eigenvalue weighted by molar-refractivity contribution is 5.84. The number of rotatable bonds is 5. The molecular formula is C19H18F3N3O. The Bertz CT molecular complexity index is 874. The Hall–Kier alpha value is -2.96. The molecule has 1 atom stereocenters. The van der Waals surface area contributed by atoms with Gasteiger partial charge in [-0.3, -0.25) is 0 Å². The predicted octanol–water partition coefficient (Wildman–Crippen LogP) is 4.16. The van der Waals surface area contributed by atoms with E-state index in [9.17, 15) is 18.0 Å². The summed E-state index contributed by atoms with van der Waals surface area (Å²) < 4.78 is 36.7. The number of fused-ring (bicyclic) bond motifs is 1. The first kappa shape index (κ1) is 17.8. The molecule has 136 valence electrons. The first-order valence-corrected chi connectivity index (χ1v) is 8.13. The van der Waals surface area contributed by atoms with Crippen molar-refractivity contribution in [3.8, 4) is 0 Å². The summed E-state index contributed by atoms with van der Waals surface area (Å²) in [6.45, 7) is -1.18. The molecule has 0 fully saturated rings. The predicted molar refractivity (Wildman–Crippen MR) is 94.0 cm³/mol. The fraction of sp³-hybridized carbons (Fsp3) is 0.211. The molecular weight excluding hydrogens is 343 g/mol. The summed E-state index contributed by atoms with van der Waals surface area (Å²) in [5, 5.41) is 5.38. The number of nitrogens with one attached hydrogen (secondary N) is 3. The van der Waals surface area contributed by atoms with Crippen LogP contribution in [-0.2, 0) is 0 Å². The lowest BCUT2D eigenvalue weighted by atomic mass is 9.91. The van der Waals surface area contributed by atoms with E-state index in [1.54, 1.807) is 0 Å². The molecule has 1 unspecified atom stereocenters. The third-order valence-corrected chi connectivity index (χ3v) is 4.11. The van der Waals surface area contributed by atoms with E-state index in [0.717, 1.165) is 22.0 Å². The Balaban J connectivity index is 1.80. The Kier molecular flexibility index (Phi) is 5.16. The number of urea groups is 1. The average molecular weight is 361 g/mol. The highest BCUT2D eigenvalue weighted by atomic mass is 19.4. The second-order valence-corrected chi connectivity index (χ2v) is 5.93. The van der Waals surface area contributed by atoms with Crippen molar-refractivity contribution in [2.24, 2.45) is 0 Å². The summed E-state index contributed by atoms with van der Waals surface area (Å²) in [7, 11) is 0. The van der Waals surface area contributed by atoms with Crippen LogP contribution in [0.2, 0.25) is 0 Å². The number of amides is 2. The second kappa shape index (κ2) is 7.51. The van der Waals surface area contributed by atoms with E-state index in [-0.39, 0.29) is 12.5 Å². The number of aromatic nitrogens is 1. The summed E-state index contributed by atoms with van der Waals surface area (Å²) in [6.07, 6.45) is -2.56. The van der Waals surface area contributed by atoms with Gasteiger partial charge in [-0.15, -0.1) is 0 Å². The van der Waals surface area contributed by atoms with Crippen molar-refractivity contribution in [3.05, 3.63) is 71.9 Å². The van der Waals surface area contributed by atoms with Crippen LogP contribution >= 0.6 is 0 Å². The minimum absolute atomic E-state index is 0.176. The summed E-state index contributed by atoms with van der Waals surface area (Å²) in [4.78, 5) is 14.9. The standard InChI is InChI=1S/C19H18F3N3O/c20-19(21,22)12-25-18(26)24-10-15(13-6-2-1-3-7-13)16-11-23-17-9-5-4-8-14(16)17/h1-9,11,15,23H,10,12H2,(H2,24,25,26). The van der Waals surface area contributed by atoms with Crippen molar-refractivity contribution >= 4 is 16.9 Å². The molecule has 0 spiro atoms. The SMILES string of the molecule is O=C(NCC(c1ccccc1)c1c[nH]c2ccccc12)NCC(F)(F)F. The Labute approximate surface area is 148 Å². The lowest BCUT2D eigenvalue weighted by Gasteiger charge is -2.18. The summed E-state index contributed by atoms with van der Waals surface area (Å²) in [5.74, 6) is -0.191. The normalized spacial score (nSPS) is 12.7. The van der Waals surface area contributed by atoms with Crippen LogP contribution in [0.5, 0.6) is 0 Å². The van der Waals surface area contributed by atoms with Crippen LogP contribution in [-0.4, -0.2) is 30.3 Å². The number of carbonyl (C=O) groups excluding carboxylic acids is 1. The van der Waals surface area contributed by atoms with Crippen molar-refractivity contribution in [3.63, 3.8) is 0 Å². The van der Waals surface area contributed by atoms with Gasteiger partial charge in [-0.2, -0.15) is 13.2 Å². The number of benzene rings is 2. The second-order valence-electron chi connectivity index (χ2n) is 5.93. The average Bonchev–Trinajstić information content (AvgIpc) is 3.05. The molecule has 1 heterocycles. The maximum absolute atomic E-state index is 12.2. The van der Waals surface area contributed by atoms with Crippen LogP contribution in [0.3, 0.4) is 0 Å². The molecule has 3 rings (SSSR count). The number of alkyl halides is 3. The van der Waals surface area contributed by atoms with E-state index < -0.39 is 18.8 Å². The van der Waals surface area contributed by atoms with E-state index in [1.165, 1.54) is 0 Å². The topological polar surface area (TPSA) is 56.9 Å². The van der Waals surface area contributed by atoms with Gasteiger partial charge in [-0.05, 0) is 17.2 Å². The minimum atomic E-state index is -4.44. The van der Waals surface area contributed by atoms with Crippen LogP contribution in [0.25, 0.3) is 10.9 Å². The van der Waals surface area contributed by atoms with Crippen molar-refractivity contribution in [1.82, 2.24) is 15.6 Å². The summed E-state index contributed by atoms with van der Waals surface area (Å²) in [6, 6.07) is 16.5. The van der Waals surface area contributed by atoms with Gasteiger partial charge in [0, 0.05) is 29.6 Å². The molecule has 3 N–H and O–H groups in total. The number of H-pyrrole nitrogens is 1. The maximum atomic E-state index is 12.2. The molecule has 0 saturated carbocycles. The molecule has 26 heavy (non-hydrogen) atoms. The summed E-state index contributed by atoms with van der Waals surface area (Å²) >= 11 is 0. The third kappa shape index (κ3) is 4.36. The number of halogens is 3. The van der Waals surface area contributed by atoms with E-state index in [2.05, 4.69) is 10.3 Å². The number of aromatic amines is 1. The molecule has 0 aliphatic heterocycles. The molecule has 3 aromatic rings.